The van der Waals surface area contributed by atoms with E-state index in [1.54, 1.807) is 22.3 Å². The molecule has 0 unspecified atom stereocenters. The Labute approximate surface area is 190 Å². The van der Waals surface area contributed by atoms with Crippen LogP contribution in [0.2, 0.25) is 0 Å². The van der Waals surface area contributed by atoms with Gasteiger partial charge < -0.3 is 9.64 Å². The van der Waals surface area contributed by atoms with Gasteiger partial charge in [0.25, 0.3) is 5.91 Å². The lowest BCUT2D eigenvalue weighted by molar-refractivity contribution is -0.135. The molecule has 0 fully saturated rings. The molecule has 2 aromatic carbocycles. The summed E-state index contributed by atoms with van der Waals surface area (Å²) in [6, 6.07) is 19.3. The zero-order valence-electron chi connectivity index (χ0n) is 17.7. The van der Waals surface area contributed by atoms with Crippen molar-refractivity contribution in [3.05, 3.63) is 87.6 Å². The third-order valence-electron chi connectivity index (χ3n) is 5.74. The molecule has 32 heavy (non-hydrogen) atoms. The van der Waals surface area contributed by atoms with Crippen molar-refractivity contribution in [3.8, 4) is 11.3 Å². The number of carbonyl (C=O) groups is 2. The second-order valence-corrected chi connectivity index (χ2v) is 8.95. The number of fused-ring (bicyclic) bond motifs is 2. The Morgan fingerprint density at radius 1 is 1.09 bits per heavy atom. The Morgan fingerprint density at radius 3 is 2.78 bits per heavy atom. The van der Waals surface area contributed by atoms with E-state index in [9.17, 15) is 9.59 Å². The van der Waals surface area contributed by atoms with Gasteiger partial charge >= 0.3 is 5.97 Å². The molecule has 1 aliphatic rings. The van der Waals surface area contributed by atoms with E-state index in [-0.39, 0.29) is 12.5 Å². The number of amides is 1. The normalized spacial score (nSPS) is 13.1. The van der Waals surface area contributed by atoms with Gasteiger partial charge in [0, 0.05) is 28.9 Å². The largest absolute Gasteiger partial charge is 0.452 e. The van der Waals surface area contributed by atoms with Crippen LogP contribution < -0.4 is 0 Å². The van der Waals surface area contributed by atoms with E-state index < -0.39 is 5.97 Å². The van der Waals surface area contributed by atoms with Crippen molar-refractivity contribution in [1.82, 2.24) is 9.88 Å². The van der Waals surface area contributed by atoms with Crippen LogP contribution in [0.5, 0.6) is 0 Å². The molecule has 3 heterocycles. The fourth-order valence-electron chi connectivity index (χ4n) is 4.02. The maximum absolute atomic E-state index is 13.1. The van der Waals surface area contributed by atoms with Crippen molar-refractivity contribution >= 4 is 34.1 Å². The molecule has 0 saturated heterocycles. The zero-order chi connectivity index (χ0) is 22.1. The Morgan fingerprint density at radius 2 is 1.94 bits per heavy atom. The van der Waals surface area contributed by atoms with Gasteiger partial charge in [-0.25, -0.2) is 9.78 Å². The fraction of sp³-hybridized carbons (Fsp3) is 0.192. The number of rotatable bonds is 4. The maximum Gasteiger partial charge on any atom is 0.339 e. The Bertz CT molecular complexity index is 1310. The average molecular weight is 443 g/mol. The van der Waals surface area contributed by atoms with Crippen molar-refractivity contribution in [2.24, 2.45) is 0 Å². The number of benzene rings is 2. The Kier molecular flexibility index (Phi) is 5.45. The summed E-state index contributed by atoms with van der Waals surface area (Å²) in [5.74, 6) is -0.685. The summed E-state index contributed by atoms with van der Waals surface area (Å²) in [5, 5.41) is 2.78. The van der Waals surface area contributed by atoms with Crippen molar-refractivity contribution in [2.75, 3.05) is 13.2 Å². The van der Waals surface area contributed by atoms with Crippen LogP contribution in [0, 0.1) is 6.92 Å². The molecule has 0 radical (unpaired) electrons. The number of ether oxygens (including phenoxy) is 1. The summed E-state index contributed by atoms with van der Waals surface area (Å²) in [4.78, 5) is 33.6. The van der Waals surface area contributed by atoms with Gasteiger partial charge in [0.15, 0.2) is 6.61 Å². The summed E-state index contributed by atoms with van der Waals surface area (Å²) >= 11 is 1.73. The van der Waals surface area contributed by atoms with Crippen molar-refractivity contribution in [1.29, 1.82) is 0 Å². The van der Waals surface area contributed by atoms with Crippen LogP contribution in [0.25, 0.3) is 22.2 Å². The molecule has 6 heteroatoms. The second-order valence-electron chi connectivity index (χ2n) is 7.95. The summed E-state index contributed by atoms with van der Waals surface area (Å²) < 4.78 is 5.50. The minimum absolute atomic E-state index is 0.173. The molecule has 0 aliphatic carbocycles. The van der Waals surface area contributed by atoms with E-state index >= 15 is 0 Å². The standard InChI is InChI=1S/C26H22N2O3S/c1-17-7-8-22-20(13-17)21(14-23(27-22)18-5-3-2-4-6-18)26(30)31-16-25(29)28-11-9-24-19(15-28)10-12-32-24/h2-8,10,12-14H,9,11,15-16H2,1H3. The van der Waals surface area contributed by atoms with Crippen LogP contribution in [0.3, 0.4) is 0 Å². The van der Waals surface area contributed by atoms with Crippen LogP contribution in [0.1, 0.15) is 26.4 Å². The molecule has 2 aromatic heterocycles. The number of hydrogen-bond acceptors (Lipinski definition) is 5. The van der Waals surface area contributed by atoms with E-state index in [4.69, 9.17) is 9.72 Å². The summed E-state index contributed by atoms with van der Waals surface area (Å²) in [6.07, 6.45) is 0.849. The van der Waals surface area contributed by atoms with Crippen LogP contribution in [0.4, 0.5) is 0 Å². The molecule has 0 saturated carbocycles. The maximum atomic E-state index is 13.1. The first kappa shape index (κ1) is 20.4. The molecule has 1 amide bonds. The average Bonchev–Trinajstić information content (AvgIpc) is 3.30. The van der Waals surface area contributed by atoms with Crippen LogP contribution in [-0.2, 0) is 22.5 Å². The lowest BCUT2D eigenvalue weighted by atomic mass is 10.0. The number of pyridine rings is 1. The molecule has 5 nitrogen and oxygen atoms in total. The first-order valence-corrected chi connectivity index (χ1v) is 11.4. The van der Waals surface area contributed by atoms with Gasteiger partial charge in [-0.15, -0.1) is 11.3 Å². The molecule has 0 spiro atoms. The van der Waals surface area contributed by atoms with Gasteiger partial charge in [0.05, 0.1) is 16.8 Å². The highest BCUT2D eigenvalue weighted by Gasteiger charge is 2.23. The monoisotopic (exact) mass is 442 g/mol. The highest BCUT2D eigenvalue weighted by molar-refractivity contribution is 7.10. The third kappa shape index (κ3) is 4.01. The first-order valence-electron chi connectivity index (χ1n) is 10.6. The topological polar surface area (TPSA) is 59.5 Å². The molecule has 4 aromatic rings. The Hall–Kier alpha value is -3.51. The summed E-state index contributed by atoms with van der Waals surface area (Å²) in [6.45, 7) is 2.93. The molecule has 0 atom stereocenters. The van der Waals surface area contributed by atoms with E-state index in [0.717, 1.165) is 28.5 Å². The number of hydrogen-bond donors (Lipinski definition) is 0. The third-order valence-corrected chi connectivity index (χ3v) is 6.76. The van der Waals surface area contributed by atoms with Crippen molar-refractivity contribution < 1.29 is 14.3 Å². The molecule has 160 valence electrons. The summed E-state index contributed by atoms with van der Waals surface area (Å²) in [5.41, 5.74) is 4.96. The van der Waals surface area contributed by atoms with E-state index in [1.807, 2.05) is 55.5 Å². The molecular formula is C26H22N2O3S. The van der Waals surface area contributed by atoms with Crippen LogP contribution in [0.15, 0.2) is 66.0 Å². The lowest BCUT2D eigenvalue weighted by Crippen LogP contribution is -2.38. The minimum Gasteiger partial charge on any atom is -0.452 e. The van der Waals surface area contributed by atoms with Crippen molar-refractivity contribution in [2.45, 2.75) is 19.9 Å². The lowest BCUT2D eigenvalue weighted by Gasteiger charge is -2.26. The first-order chi connectivity index (χ1) is 15.6. The molecular weight excluding hydrogens is 420 g/mol. The van der Waals surface area contributed by atoms with E-state index in [0.29, 0.717) is 24.3 Å². The van der Waals surface area contributed by atoms with Gasteiger partial charge in [-0.2, -0.15) is 0 Å². The highest BCUT2D eigenvalue weighted by Crippen LogP contribution is 2.27. The number of esters is 1. The summed E-state index contributed by atoms with van der Waals surface area (Å²) in [7, 11) is 0. The molecule has 5 rings (SSSR count). The quantitative estimate of drug-likeness (QED) is 0.417. The highest BCUT2D eigenvalue weighted by atomic mass is 32.1. The van der Waals surface area contributed by atoms with Gasteiger partial charge in [-0.1, -0.05) is 42.0 Å². The van der Waals surface area contributed by atoms with Crippen LogP contribution >= 0.6 is 11.3 Å². The number of nitrogens with zero attached hydrogens (tertiary/aromatic N) is 2. The van der Waals surface area contributed by atoms with Crippen molar-refractivity contribution in [3.63, 3.8) is 0 Å². The van der Waals surface area contributed by atoms with E-state index in [2.05, 4.69) is 11.4 Å². The molecule has 0 N–H and O–H groups in total. The van der Waals surface area contributed by atoms with Gasteiger partial charge in [0.1, 0.15) is 0 Å². The van der Waals surface area contributed by atoms with Gasteiger partial charge in [-0.05, 0) is 48.6 Å². The predicted molar refractivity (Wildman–Crippen MR) is 126 cm³/mol. The van der Waals surface area contributed by atoms with Gasteiger partial charge in [-0.3, -0.25) is 4.79 Å². The zero-order valence-corrected chi connectivity index (χ0v) is 18.5. The Balaban J connectivity index is 1.39. The van der Waals surface area contributed by atoms with E-state index in [1.165, 1.54) is 10.4 Å². The number of thiophene rings is 1. The van der Waals surface area contributed by atoms with Crippen LogP contribution in [-0.4, -0.2) is 34.9 Å². The number of carbonyl (C=O) groups excluding carboxylic acids is 2. The van der Waals surface area contributed by atoms with Gasteiger partial charge in [0.2, 0.25) is 0 Å². The number of aromatic nitrogens is 1. The number of aryl methyl sites for hydroxylation is 1. The molecule has 1 aliphatic heterocycles. The fourth-order valence-corrected chi connectivity index (χ4v) is 4.91. The predicted octanol–water partition coefficient (Wildman–Crippen LogP) is 5.01. The smallest absolute Gasteiger partial charge is 0.339 e. The SMILES string of the molecule is Cc1ccc2nc(-c3ccccc3)cc(C(=O)OCC(=O)N3CCc4sccc4C3)c2c1. The second kappa shape index (κ2) is 8.55. The minimum atomic E-state index is -0.512. The molecule has 0 bridgehead atoms.